The number of nitrogens with one attached hydrogen (secondary N) is 3. The molecular formula is C29H25FN4O4. The molecule has 0 saturated carbocycles. The molecule has 0 atom stereocenters. The van der Waals surface area contributed by atoms with Crippen LogP contribution in [0.2, 0.25) is 0 Å². The van der Waals surface area contributed by atoms with Crippen LogP contribution in [0.5, 0.6) is 0 Å². The number of fused-ring (bicyclic) bond motifs is 1. The molecule has 1 aromatic heterocycles. The fourth-order valence-electron chi connectivity index (χ4n) is 4.03. The SMILES string of the molecule is CNC(=O)c1c(-c2ccc(F)cc2)oc2ccc(-c3cccc(C(=O)NC(C)(C)C(=O)NCC#N)c3)cc12. The van der Waals surface area contributed by atoms with Gasteiger partial charge >= 0.3 is 0 Å². The van der Waals surface area contributed by atoms with Crippen LogP contribution in [0.3, 0.4) is 0 Å². The predicted molar refractivity (Wildman–Crippen MR) is 141 cm³/mol. The van der Waals surface area contributed by atoms with Crippen LogP contribution >= 0.6 is 0 Å². The van der Waals surface area contributed by atoms with E-state index in [0.717, 1.165) is 5.56 Å². The Morgan fingerprint density at radius 1 is 0.947 bits per heavy atom. The molecule has 4 aromatic rings. The van der Waals surface area contributed by atoms with E-state index in [1.165, 1.54) is 19.2 Å². The zero-order valence-electron chi connectivity index (χ0n) is 21.0. The van der Waals surface area contributed by atoms with E-state index < -0.39 is 23.2 Å². The second-order valence-corrected chi connectivity index (χ2v) is 9.10. The average molecular weight is 513 g/mol. The normalized spacial score (nSPS) is 11.0. The molecular weight excluding hydrogens is 487 g/mol. The second kappa shape index (κ2) is 10.6. The summed E-state index contributed by atoms with van der Waals surface area (Å²) in [6, 6.07) is 19.7. The molecule has 0 fully saturated rings. The van der Waals surface area contributed by atoms with Crippen molar-refractivity contribution in [1.82, 2.24) is 16.0 Å². The van der Waals surface area contributed by atoms with E-state index in [4.69, 9.17) is 9.68 Å². The molecule has 0 aliphatic heterocycles. The zero-order chi connectivity index (χ0) is 27.4. The van der Waals surface area contributed by atoms with Gasteiger partial charge in [-0.2, -0.15) is 5.26 Å². The highest BCUT2D eigenvalue weighted by molar-refractivity contribution is 6.12. The molecule has 0 aliphatic carbocycles. The molecule has 0 bridgehead atoms. The molecule has 0 saturated heterocycles. The molecule has 0 unspecified atom stereocenters. The van der Waals surface area contributed by atoms with Crippen LogP contribution in [0.4, 0.5) is 4.39 Å². The molecule has 8 nitrogen and oxygen atoms in total. The van der Waals surface area contributed by atoms with Gasteiger partial charge in [0.05, 0.1) is 11.6 Å². The van der Waals surface area contributed by atoms with E-state index in [9.17, 15) is 18.8 Å². The van der Waals surface area contributed by atoms with E-state index >= 15 is 0 Å². The van der Waals surface area contributed by atoms with Gasteiger partial charge in [-0.15, -0.1) is 0 Å². The minimum atomic E-state index is -1.24. The van der Waals surface area contributed by atoms with Gasteiger partial charge in [-0.1, -0.05) is 18.2 Å². The van der Waals surface area contributed by atoms with Crippen LogP contribution in [0, 0.1) is 17.1 Å². The summed E-state index contributed by atoms with van der Waals surface area (Å²) in [6.45, 7) is 2.94. The molecule has 192 valence electrons. The first-order chi connectivity index (χ1) is 18.1. The van der Waals surface area contributed by atoms with Gasteiger partial charge in [0.25, 0.3) is 11.8 Å². The molecule has 0 aliphatic rings. The van der Waals surface area contributed by atoms with E-state index in [1.807, 2.05) is 18.2 Å². The Bertz CT molecular complexity index is 1580. The van der Waals surface area contributed by atoms with Gasteiger partial charge in [-0.3, -0.25) is 14.4 Å². The third-order valence-corrected chi connectivity index (χ3v) is 6.03. The maximum Gasteiger partial charge on any atom is 0.255 e. The summed E-state index contributed by atoms with van der Waals surface area (Å²) < 4.78 is 19.5. The molecule has 3 aromatic carbocycles. The molecule has 4 rings (SSSR count). The van der Waals surface area contributed by atoms with Crippen LogP contribution in [0.15, 0.2) is 71.1 Å². The Hall–Kier alpha value is -4.97. The monoisotopic (exact) mass is 512 g/mol. The van der Waals surface area contributed by atoms with Gasteiger partial charge in [0.1, 0.15) is 29.2 Å². The fourth-order valence-corrected chi connectivity index (χ4v) is 4.03. The highest BCUT2D eigenvalue weighted by Gasteiger charge is 2.29. The van der Waals surface area contributed by atoms with Crippen molar-refractivity contribution < 1.29 is 23.2 Å². The van der Waals surface area contributed by atoms with Crippen molar-refractivity contribution in [2.75, 3.05) is 13.6 Å². The zero-order valence-corrected chi connectivity index (χ0v) is 21.0. The maximum atomic E-state index is 13.5. The van der Waals surface area contributed by atoms with Crippen molar-refractivity contribution in [1.29, 1.82) is 5.26 Å². The fraction of sp³-hybridized carbons (Fsp3) is 0.172. The summed E-state index contributed by atoms with van der Waals surface area (Å²) in [5.74, 6) is -1.37. The minimum Gasteiger partial charge on any atom is -0.455 e. The minimum absolute atomic E-state index is 0.162. The average Bonchev–Trinajstić information content (AvgIpc) is 3.30. The third kappa shape index (κ3) is 5.25. The molecule has 1 heterocycles. The lowest BCUT2D eigenvalue weighted by atomic mass is 9.98. The molecule has 3 amide bonds. The molecule has 9 heteroatoms. The first-order valence-corrected chi connectivity index (χ1v) is 11.8. The van der Waals surface area contributed by atoms with Crippen molar-refractivity contribution >= 4 is 28.7 Å². The van der Waals surface area contributed by atoms with Crippen LogP contribution < -0.4 is 16.0 Å². The summed E-state index contributed by atoms with van der Waals surface area (Å²) in [5.41, 5.74) is 1.88. The van der Waals surface area contributed by atoms with Crippen molar-refractivity contribution in [3.63, 3.8) is 0 Å². The number of benzene rings is 3. The molecule has 3 N–H and O–H groups in total. The van der Waals surface area contributed by atoms with Crippen LogP contribution in [0.25, 0.3) is 33.4 Å². The third-order valence-electron chi connectivity index (χ3n) is 6.03. The number of furan rings is 1. The van der Waals surface area contributed by atoms with Gasteiger partial charge in [0, 0.05) is 23.6 Å². The number of nitriles is 1. The van der Waals surface area contributed by atoms with Crippen LogP contribution in [-0.2, 0) is 4.79 Å². The molecule has 38 heavy (non-hydrogen) atoms. The highest BCUT2D eigenvalue weighted by atomic mass is 19.1. The second-order valence-electron chi connectivity index (χ2n) is 9.10. The van der Waals surface area contributed by atoms with Gasteiger partial charge in [0.2, 0.25) is 5.91 Å². The van der Waals surface area contributed by atoms with E-state index in [2.05, 4.69) is 16.0 Å². The van der Waals surface area contributed by atoms with Crippen molar-refractivity contribution in [2.45, 2.75) is 19.4 Å². The standard InChI is InChI=1S/C29H25FN4O4/c1-29(2,28(37)33-14-13-31)34-26(35)20-6-4-5-18(15-20)19-9-12-23-22(16-19)24(27(36)32-3)25(38-23)17-7-10-21(30)11-8-17/h4-12,15-16H,14H2,1-3H3,(H,32,36)(H,33,37)(H,34,35). The Morgan fingerprint density at radius 2 is 1.63 bits per heavy atom. The number of hydrogen-bond acceptors (Lipinski definition) is 5. The van der Waals surface area contributed by atoms with Crippen LogP contribution in [0.1, 0.15) is 34.6 Å². The molecule has 0 radical (unpaired) electrons. The number of carbonyl (C=O) groups is 3. The highest BCUT2D eigenvalue weighted by Crippen LogP contribution is 2.36. The van der Waals surface area contributed by atoms with Gasteiger partial charge < -0.3 is 20.4 Å². The van der Waals surface area contributed by atoms with Gasteiger partial charge in [-0.25, -0.2) is 4.39 Å². The van der Waals surface area contributed by atoms with E-state index in [0.29, 0.717) is 39.0 Å². The molecule has 0 spiro atoms. The number of nitrogens with zero attached hydrogens (tertiary/aromatic N) is 1. The predicted octanol–water partition coefficient (Wildman–Crippen LogP) is 4.41. The lowest BCUT2D eigenvalue weighted by Crippen LogP contribution is -2.54. The largest absolute Gasteiger partial charge is 0.455 e. The Morgan fingerprint density at radius 3 is 2.32 bits per heavy atom. The van der Waals surface area contributed by atoms with Crippen LogP contribution in [-0.4, -0.2) is 36.9 Å². The lowest BCUT2D eigenvalue weighted by Gasteiger charge is -2.24. The Balaban J connectivity index is 1.70. The van der Waals surface area contributed by atoms with Crippen molar-refractivity contribution in [2.24, 2.45) is 0 Å². The lowest BCUT2D eigenvalue weighted by molar-refractivity contribution is -0.125. The van der Waals surface area contributed by atoms with Gasteiger partial charge in [-0.05, 0) is 73.5 Å². The maximum absolute atomic E-state index is 13.5. The number of halogens is 1. The first kappa shape index (κ1) is 26.1. The van der Waals surface area contributed by atoms with Crippen molar-refractivity contribution in [3.05, 3.63) is 83.7 Å². The van der Waals surface area contributed by atoms with Crippen molar-refractivity contribution in [3.8, 4) is 28.5 Å². The quantitative estimate of drug-likeness (QED) is 0.316. The Labute approximate surface area is 218 Å². The number of carbonyl (C=O) groups excluding carboxylic acids is 3. The summed E-state index contributed by atoms with van der Waals surface area (Å²) in [5, 5.41) is 17.0. The topological polar surface area (TPSA) is 124 Å². The summed E-state index contributed by atoms with van der Waals surface area (Å²) in [7, 11) is 1.52. The summed E-state index contributed by atoms with van der Waals surface area (Å²) >= 11 is 0. The number of hydrogen-bond donors (Lipinski definition) is 3. The summed E-state index contributed by atoms with van der Waals surface area (Å²) in [6.07, 6.45) is 0. The van der Waals surface area contributed by atoms with Gasteiger partial charge in [0.15, 0.2) is 0 Å². The number of rotatable bonds is 7. The Kier molecular flexibility index (Phi) is 7.26. The van der Waals surface area contributed by atoms with E-state index in [-0.39, 0.29) is 12.5 Å². The smallest absolute Gasteiger partial charge is 0.255 e. The summed E-state index contributed by atoms with van der Waals surface area (Å²) in [4.78, 5) is 38.1. The number of amides is 3. The van der Waals surface area contributed by atoms with E-state index in [1.54, 1.807) is 56.3 Å². The first-order valence-electron chi connectivity index (χ1n) is 11.8.